The van der Waals surface area contributed by atoms with Crippen molar-refractivity contribution in [2.24, 2.45) is 0 Å². The normalized spacial score (nSPS) is 21.6. The summed E-state index contributed by atoms with van der Waals surface area (Å²) in [6, 6.07) is 6.49. The monoisotopic (exact) mass is 451 g/mol. The molecule has 0 radical (unpaired) electrons. The number of amides is 1. The molecule has 32 heavy (non-hydrogen) atoms. The number of nitrogens with zero attached hydrogens (tertiary/aromatic N) is 3. The van der Waals surface area contributed by atoms with E-state index in [4.69, 9.17) is 4.74 Å². The standard InChI is InChI=1S/C22H28F3N5O2/c1-15-3-5-16(6-4-15)17-13-19(22(23,24)25)30-20(27-17)14-18(28-30)21(31)26-7-2-8-29-9-11-32-12-10-29/h3-6,14,17,19,27H,2,7-13H2,1H3,(H,26,31)/t17-,19+/m0/s1. The molecule has 0 unspecified atom stereocenters. The molecule has 2 aromatic rings. The Morgan fingerprint density at radius 1 is 1.25 bits per heavy atom. The molecule has 0 bridgehead atoms. The molecule has 3 heterocycles. The lowest BCUT2D eigenvalue weighted by atomic mass is 9.96. The molecule has 1 amide bonds. The van der Waals surface area contributed by atoms with Crippen LogP contribution in [0.1, 0.15) is 46.5 Å². The maximum atomic E-state index is 13.8. The number of fused-ring (bicyclic) bond motifs is 1. The highest BCUT2D eigenvalue weighted by Gasteiger charge is 2.46. The van der Waals surface area contributed by atoms with E-state index in [9.17, 15) is 18.0 Å². The number of alkyl halides is 3. The van der Waals surface area contributed by atoms with E-state index in [0.29, 0.717) is 19.8 Å². The molecule has 1 fully saturated rings. The van der Waals surface area contributed by atoms with Gasteiger partial charge in [0.2, 0.25) is 0 Å². The van der Waals surface area contributed by atoms with Crippen LogP contribution in [0.25, 0.3) is 0 Å². The van der Waals surface area contributed by atoms with Crippen molar-refractivity contribution in [3.8, 4) is 0 Å². The first-order valence-electron chi connectivity index (χ1n) is 10.9. The Morgan fingerprint density at radius 2 is 1.97 bits per heavy atom. The van der Waals surface area contributed by atoms with Crippen molar-refractivity contribution < 1.29 is 22.7 Å². The van der Waals surface area contributed by atoms with Crippen LogP contribution >= 0.6 is 0 Å². The van der Waals surface area contributed by atoms with Crippen molar-refractivity contribution in [3.05, 3.63) is 47.2 Å². The Morgan fingerprint density at radius 3 is 2.66 bits per heavy atom. The molecule has 0 saturated carbocycles. The van der Waals surface area contributed by atoms with Crippen LogP contribution in [-0.4, -0.2) is 66.2 Å². The van der Waals surface area contributed by atoms with Gasteiger partial charge in [0.1, 0.15) is 5.82 Å². The Kier molecular flexibility index (Phi) is 6.71. The summed E-state index contributed by atoms with van der Waals surface area (Å²) >= 11 is 0. The number of hydrogen-bond donors (Lipinski definition) is 2. The number of aryl methyl sites for hydroxylation is 1. The van der Waals surface area contributed by atoms with Gasteiger partial charge < -0.3 is 15.4 Å². The van der Waals surface area contributed by atoms with E-state index in [-0.39, 0.29) is 17.9 Å². The van der Waals surface area contributed by atoms with E-state index in [2.05, 4.69) is 20.6 Å². The van der Waals surface area contributed by atoms with Crippen molar-refractivity contribution in [3.63, 3.8) is 0 Å². The fraction of sp³-hybridized carbons (Fsp3) is 0.545. The van der Waals surface area contributed by atoms with Crippen molar-refractivity contribution in [1.29, 1.82) is 0 Å². The number of aromatic nitrogens is 2. The Hall–Kier alpha value is -2.59. The lowest BCUT2D eigenvalue weighted by molar-refractivity contribution is -0.173. The predicted octanol–water partition coefficient (Wildman–Crippen LogP) is 3.30. The van der Waals surface area contributed by atoms with Crippen molar-refractivity contribution in [2.75, 3.05) is 44.7 Å². The number of carbonyl (C=O) groups excluding carboxylic acids is 1. The number of benzene rings is 1. The average molecular weight is 451 g/mol. The summed E-state index contributed by atoms with van der Waals surface area (Å²) in [6.45, 7) is 6.35. The van der Waals surface area contributed by atoms with Crippen molar-refractivity contribution in [1.82, 2.24) is 20.0 Å². The molecule has 0 spiro atoms. The minimum atomic E-state index is -4.47. The summed E-state index contributed by atoms with van der Waals surface area (Å²) in [6.07, 6.45) is -3.92. The van der Waals surface area contributed by atoms with Gasteiger partial charge in [-0.05, 0) is 25.5 Å². The Bertz CT molecular complexity index is 923. The SMILES string of the molecule is Cc1ccc([C@@H]2C[C@H](C(F)(F)F)n3nc(C(=O)NCCCN4CCOCC4)cc3N2)cc1. The second kappa shape index (κ2) is 9.50. The van der Waals surface area contributed by atoms with Gasteiger partial charge in [-0.25, -0.2) is 4.68 Å². The van der Waals surface area contributed by atoms with Crippen LogP contribution < -0.4 is 10.6 Å². The van der Waals surface area contributed by atoms with Crippen molar-refractivity contribution in [2.45, 2.75) is 38.0 Å². The van der Waals surface area contributed by atoms with Gasteiger partial charge in [0.05, 0.1) is 19.3 Å². The first-order valence-corrected chi connectivity index (χ1v) is 10.9. The minimum Gasteiger partial charge on any atom is -0.379 e. The number of ether oxygens (including phenoxy) is 1. The van der Waals surface area contributed by atoms with Gasteiger partial charge in [-0.15, -0.1) is 0 Å². The largest absolute Gasteiger partial charge is 0.410 e. The molecular formula is C22H28F3N5O2. The smallest absolute Gasteiger partial charge is 0.379 e. The third-order valence-electron chi connectivity index (χ3n) is 5.94. The molecule has 174 valence electrons. The van der Waals surface area contributed by atoms with Gasteiger partial charge in [0, 0.05) is 32.1 Å². The second-order valence-corrected chi connectivity index (χ2v) is 8.32. The van der Waals surface area contributed by atoms with Gasteiger partial charge >= 0.3 is 6.18 Å². The fourth-order valence-electron chi connectivity index (χ4n) is 4.12. The van der Waals surface area contributed by atoms with Crippen molar-refractivity contribution >= 4 is 11.7 Å². The third-order valence-corrected chi connectivity index (χ3v) is 5.94. The van der Waals surface area contributed by atoms with Crippen LogP contribution in [0.15, 0.2) is 30.3 Å². The van der Waals surface area contributed by atoms with Crippen LogP contribution in [0.4, 0.5) is 19.0 Å². The quantitative estimate of drug-likeness (QED) is 0.660. The zero-order valence-corrected chi connectivity index (χ0v) is 18.0. The van der Waals surface area contributed by atoms with Gasteiger partial charge in [-0.2, -0.15) is 18.3 Å². The topological polar surface area (TPSA) is 71.4 Å². The molecule has 0 aliphatic carbocycles. The second-order valence-electron chi connectivity index (χ2n) is 8.32. The first-order chi connectivity index (χ1) is 15.3. The fourth-order valence-corrected chi connectivity index (χ4v) is 4.12. The number of hydrogen-bond acceptors (Lipinski definition) is 5. The molecule has 1 aromatic heterocycles. The molecule has 2 aliphatic heterocycles. The van der Waals surface area contributed by atoms with Crippen LogP contribution in [0.5, 0.6) is 0 Å². The summed E-state index contributed by atoms with van der Waals surface area (Å²) in [5.41, 5.74) is 1.79. The number of nitrogens with one attached hydrogen (secondary N) is 2. The maximum absolute atomic E-state index is 13.8. The molecule has 7 nitrogen and oxygen atoms in total. The predicted molar refractivity (Wildman–Crippen MR) is 114 cm³/mol. The van der Waals surface area contributed by atoms with Gasteiger partial charge in [-0.3, -0.25) is 9.69 Å². The highest BCUT2D eigenvalue weighted by Crippen LogP contribution is 2.43. The van der Waals surface area contributed by atoms with Gasteiger partial charge in [0.25, 0.3) is 5.91 Å². The molecule has 2 N–H and O–H groups in total. The molecule has 2 atom stereocenters. The number of carbonyl (C=O) groups is 1. The van der Waals surface area contributed by atoms with Crippen LogP contribution in [0.2, 0.25) is 0 Å². The first kappa shape index (κ1) is 22.6. The summed E-state index contributed by atoms with van der Waals surface area (Å²) in [5, 5.41) is 9.90. The van der Waals surface area contributed by atoms with Gasteiger partial charge in [0.15, 0.2) is 11.7 Å². The number of anilines is 1. The highest BCUT2D eigenvalue weighted by molar-refractivity contribution is 5.93. The third kappa shape index (κ3) is 5.24. The highest BCUT2D eigenvalue weighted by atomic mass is 19.4. The van der Waals surface area contributed by atoms with E-state index in [1.165, 1.54) is 6.07 Å². The number of morpholine rings is 1. The van der Waals surface area contributed by atoms with Crippen LogP contribution in [0.3, 0.4) is 0 Å². The summed E-state index contributed by atoms with van der Waals surface area (Å²) in [5.74, 6) is -0.272. The summed E-state index contributed by atoms with van der Waals surface area (Å²) in [7, 11) is 0. The van der Waals surface area contributed by atoms with Crippen LogP contribution in [0, 0.1) is 6.92 Å². The van der Waals surface area contributed by atoms with Crippen LogP contribution in [-0.2, 0) is 4.74 Å². The Balaban J connectivity index is 1.42. The molecule has 1 saturated heterocycles. The molecule has 10 heteroatoms. The lowest BCUT2D eigenvalue weighted by Crippen LogP contribution is -2.38. The zero-order valence-electron chi connectivity index (χ0n) is 18.0. The van der Waals surface area contributed by atoms with Gasteiger partial charge in [-0.1, -0.05) is 29.8 Å². The van der Waals surface area contributed by atoms with E-state index < -0.39 is 24.2 Å². The Labute approximate surface area is 184 Å². The summed E-state index contributed by atoms with van der Waals surface area (Å²) in [4.78, 5) is 14.8. The van der Waals surface area contributed by atoms with E-state index in [1.54, 1.807) is 0 Å². The minimum absolute atomic E-state index is 0.0160. The number of rotatable bonds is 6. The lowest BCUT2D eigenvalue weighted by Gasteiger charge is -2.33. The number of halogens is 3. The molecular weight excluding hydrogens is 423 g/mol. The average Bonchev–Trinajstić information content (AvgIpc) is 3.21. The molecule has 4 rings (SSSR count). The molecule has 1 aromatic carbocycles. The maximum Gasteiger partial charge on any atom is 0.410 e. The van der Waals surface area contributed by atoms with E-state index in [0.717, 1.165) is 41.9 Å². The molecule has 2 aliphatic rings. The van der Waals surface area contributed by atoms with E-state index in [1.807, 2.05) is 31.2 Å². The van der Waals surface area contributed by atoms with E-state index >= 15 is 0 Å². The zero-order chi connectivity index (χ0) is 22.7. The summed E-state index contributed by atoms with van der Waals surface area (Å²) < 4.78 is 47.6.